The number of phenols is 1. The van der Waals surface area contributed by atoms with Crippen molar-refractivity contribution in [3.05, 3.63) is 48.0 Å². The summed E-state index contributed by atoms with van der Waals surface area (Å²) in [5, 5.41) is 9.74. The van der Waals surface area contributed by atoms with Crippen LogP contribution in [0.1, 0.15) is 5.56 Å². The molecule has 2 aromatic rings. The van der Waals surface area contributed by atoms with Gasteiger partial charge in [-0.3, -0.25) is 9.29 Å². The summed E-state index contributed by atoms with van der Waals surface area (Å²) in [4.78, 5) is 0.0874. The number of hydrogen-bond donors (Lipinski definition) is 2. The predicted molar refractivity (Wildman–Crippen MR) is 91.4 cm³/mol. The highest BCUT2D eigenvalue weighted by Gasteiger charge is 2.29. The molecule has 0 radical (unpaired) electrons. The van der Waals surface area contributed by atoms with Gasteiger partial charge < -0.3 is 14.2 Å². The fourth-order valence-corrected chi connectivity index (χ4v) is 4.25. The molecule has 0 heterocycles. The van der Waals surface area contributed by atoms with Gasteiger partial charge in [0.05, 0.1) is 10.6 Å². The van der Waals surface area contributed by atoms with Crippen LogP contribution in [0.3, 0.4) is 0 Å². The van der Waals surface area contributed by atoms with Gasteiger partial charge in [-0.1, -0.05) is 17.7 Å². The third kappa shape index (κ3) is 3.79. The zero-order chi connectivity index (χ0) is 18.0. The number of sulfonamides is 1. The molecule has 0 unspecified atom stereocenters. The molecule has 0 bridgehead atoms. The van der Waals surface area contributed by atoms with Gasteiger partial charge >= 0.3 is 7.60 Å². The maximum atomic E-state index is 12.4. The Morgan fingerprint density at radius 3 is 2.17 bits per heavy atom. The van der Waals surface area contributed by atoms with Gasteiger partial charge in [-0.15, -0.1) is 0 Å². The van der Waals surface area contributed by atoms with Crippen LogP contribution < -0.4 is 10.0 Å². The molecule has 130 valence electrons. The molecule has 2 aromatic carbocycles. The lowest BCUT2D eigenvalue weighted by Gasteiger charge is -2.16. The van der Waals surface area contributed by atoms with Crippen molar-refractivity contribution in [2.24, 2.45) is 0 Å². The van der Waals surface area contributed by atoms with Crippen LogP contribution in [0.15, 0.2) is 47.4 Å². The Morgan fingerprint density at radius 2 is 1.62 bits per heavy atom. The van der Waals surface area contributed by atoms with E-state index in [9.17, 15) is 18.1 Å². The SMILES string of the molecule is COP(=O)(OC)c1cc(NS(=O)(=O)c2ccc(C)cc2)ccc1O. The zero-order valence-electron chi connectivity index (χ0n) is 13.4. The normalized spacial score (nSPS) is 12.1. The lowest BCUT2D eigenvalue weighted by atomic mass is 10.2. The van der Waals surface area contributed by atoms with E-state index in [2.05, 4.69) is 4.72 Å². The number of rotatable bonds is 6. The summed E-state index contributed by atoms with van der Waals surface area (Å²) >= 11 is 0. The molecule has 0 aliphatic heterocycles. The maximum Gasteiger partial charge on any atom is 0.364 e. The van der Waals surface area contributed by atoms with Crippen molar-refractivity contribution in [1.82, 2.24) is 0 Å². The van der Waals surface area contributed by atoms with E-state index in [1.54, 1.807) is 12.1 Å². The first-order valence-corrected chi connectivity index (χ1v) is 9.89. The molecular formula is C15H18NO6PS. The van der Waals surface area contributed by atoms with E-state index < -0.39 is 17.6 Å². The standard InChI is InChI=1S/C15H18NO6PS/c1-11-4-7-13(8-5-11)24(19,20)16-12-6-9-14(17)15(10-12)23(18,21-2)22-3/h4-10,16-17H,1-3H3. The average Bonchev–Trinajstić information content (AvgIpc) is 2.56. The molecule has 0 saturated carbocycles. The number of aromatic hydroxyl groups is 1. The summed E-state index contributed by atoms with van der Waals surface area (Å²) in [5.74, 6) is -0.319. The molecular weight excluding hydrogens is 353 g/mol. The Kier molecular flexibility index (Phi) is 5.35. The molecule has 24 heavy (non-hydrogen) atoms. The monoisotopic (exact) mass is 371 g/mol. The van der Waals surface area contributed by atoms with E-state index in [1.165, 1.54) is 44.6 Å². The molecule has 2 rings (SSSR count). The van der Waals surface area contributed by atoms with Gasteiger partial charge in [-0.2, -0.15) is 0 Å². The second-order valence-electron chi connectivity index (χ2n) is 4.98. The Labute approximate surface area is 140 Å². The third-order valence-electron chi connectivity index (χ3n) is 3.33. The Morgan fingerprint density at radius 1 is 1.04 bits per heavy atom. The molecule has 0 saturated heterocycles. The van der Waals surface area contributed by atoms with Crippen molar-refractivity contribution in [2.75, 3.05) is 18.9 Å². The second kappa shape index (κ2) is 6.94. The summed E-state index contributed by atoms with van der Waals surface area (Å²) in [7, 11) is -5.20. The summed E-state index contributed by atoms with van der Waals surface area (Å²) in [6.07, 6.45) is 0. The molecule has 2 N–H and O–H groups in total. The quantitative estimate of drug-likeness (QED) is 0.598. The molecule has 0 aliphatic carbocycles. The van der Waals surface area contributed by atoms with Gasteiger partial charge in [0.15, 0.2) is 0 Å². The number of nitrogens with one attached hydrogen (secondary N) is 1. The minimum atomic E-state index is -3.82. The van der Waals surface area contributed by atoms with Crippen LogP contribution in [-0.4, -0.2) is 27.7 Å². The van der Waals surface area contributed by atoms with Crippen LogP contribution in [0.4, 0.5) is 5.69 Å². The van der Waals surface area contributed by atoms with Crippen LogP contribution in [0.5, 0.6) is 5.75 Å². The smallest absolute Gasteiger partial charge is 0.364 e. The number of aryl methyl sites for hydroxylation is 1. The molecule has 0 amide bonds. The highest BCUT2D eigenvalue weighted by molar-refractivity contribution is 7.92. The number of phenolic OH excluding ortho intramolecular Hbond substituents is 1. The molecule has 0 spiro atoms. The average molecular weight is 371 g/mol. The number of anilines is 1. The third-order valence-corrected chi connectivity index (χ3v) is 6.64. The van der Waals surface area contributed by atoms with Gasteiger partial charge in [-0.05, 0) is 37.3 Å². The molecule has 7 nitrogen and oxygen atoms in total. The topological polar surface area (TPSA) is 102 Å². The van der Waals surface area contributed by atoms with Gasteiger partial charge in [0.1, 0.15) is 11.1 Å². The van der Waals surface area contributed by atoms with Crippen LogP contribution in [-0.2, 0) is 23.6 Å². The van der Waals surface area contributed by atoms with Gasteiger partial charge in [0.2, 0.25) is 0 Å². The molecule has 0 atom stereocenters. The van der Waals surface area contributed by atoms with Gasteiger partial charge in [-0.25, -0.2) is 8.42 Å². The van der Waals surface area contributed by atoms with Crippen LogP contribution in [0.2, 0.25) is 0 Å². The fraction of sp³-hybridized carbons (Fsp3) is 0.200. The van der Waals surface area contributed by atoms with Crippen molar-refractivity contribution in [2.45, 2.75) is 11.8 Å². The van der Waals surface area contributed by atoms with E-state index in [4.69, 9.17) is 9.05 Å². The molecule has 9 heteroatoms. The molecule has 0 fully saturated rings. The van der Waals surface area contributed by atoms with Crippen LogP contribution >= 0.6 is 7.60 Å². The van der Waals surface area contributed by atoms with Crippen molar-refractivity contribution in [3.63, 3.8) is 0 Å². The summed E-state index contributed by atoms with van der Waals surface area (Å²) in [6.45, 7) is 1.85. The Bertz CT molecular complexity index is 871. The number of benzene rings is 2. The van der Waals surface area contributed by atoms with Crippen molar-refractivity contribution in [3.8, 4) is 5.75 Å². The lowest BCUT2D eigenvalue weighted by molar-refractivity contribution is 0.286. The highest BCUT2D eigenvalue weighted by atomic mass is 32.2. The maximum absolute atomic E-state index is 12.4. The van der Waals surface area contributed by atoms with E-state index >= 15 is 0 Å². The van der Waals surface area contributed by atoms with E-state index in [0.717, 1.165) is 5.56 Å². The largest absolute Gasteiger partial charge is 0.507 e. The minimum Gasteiger partial charge on any atom is -0.507 e. The number of hydrogen-bond acceptors (Lipinski definition) is 6. The van der Waals surface area contributed by atoms with Crippen LogP contribution in [0.25, 0.3) is 0 Å². The summed E-state index contributed by atoms with van der Waals surface area (Å²) in [6, 6.07) is 10.1. The summed E-state index contributed by atoms with van der Waals surface area (Å²) in [5.41, 5.74) is 1.06. The van der Waals surface area contributed by atoms with E-state index in [1.807, 2.05) is 6.92 Å². The second-order valence-corrected chi connectivity index (χ2v) is 8.87. The van der Waals surface area contributed by atoms with Crippen molar-refractivity contribution < 1.29 is 27.1 Å². The first-order valence-electron chi connectivity index (χ1n) is 6.86. The zero-order valence-corrected chi connectivity index (χ0v) is 15.1. The first-order chi connectivity index (χ1) is 11.2. The highest BCUT2D eigenvalue weighted by Crippen LogP contribution is 2.48. The van der Waals surface area contributed by atoms with E-state index in [-0.39, 0.29) is 21.6 Å². The fourth-order valence-electron chi connectivity index (χ4n) is 2.01. The van der Waals surface area contributed by atoms with E-state index in [0.29, 0.717) is 0 Å². The van der Waals surface area contributed by atoms with Gasteiger partial charge in [0, 0.05) is 14.2 Å². The first kappa shape index (κ1) is 18.5. The molecule has 0 aromatic heterocycles. The lowest BCUT2D eigenvalue weighted by Crippen LogP contribution is -2.15. The van der Waals surface area contributed by atoms with Crippen LogP contribution in [0, 0.1) is 6.92 Å². The van der Waals surface area contributed by atoms with Crippen molar-refractivity contribution >= 4 is 28.6 Å². The Hall–Kier alpha value is -1.86. The minimum absolute atomic E-state index is 0.0874. The summed E-state index contributed by atoms with van der Waals surface area (Å²) < 4.78 is 49.2. The van der Waals surface area contributed by atoms with Gasteiger partial charge in [0.25, 0.3) is 10.0 Å². The Balaban J connectivity index is 2.40. The molecule has 0 aliphatic rings. The van der Waals surface area contributed by atoms with Crippen molar-refractivity contribution in [1.29, 1.82) is 0 Å². The predicted octanol–water partition coefficient (Wildman–Crippen LogP) is 2.61.